The van der Waals surface area contributed by atoms with Gasteiger partial charge in [0.15, 0.2) is 0 Å². The monoisotopic (exact) mass is 157 g/mol. The van der Waals surface area contributed by atoms with E-state index in [0.29, 0.717) is 0 Å². The highest BCUT2D eigenvalue weighted by Gasteiger charge is 2.16. The number of nitrogens with zero attached hydrogens (tertiary/aromatic N) is 3. The van der Waals surface area contributed by atoms with Crippen LogP contribution in [-0.2, 0) is 9.59 Å². The van der Waals surface area contributed by atoms with Gasteiger partial charge in [-0.25, -0.2) is 0 Å². The summed E-state index contributed by atoms with van der Waals surface area (Å²) in [7, 11) is 0. The Morgan fingerprint density at radius 2 is 2.27 bits per heavy atom. The number of carbonyl (C=O) groups is 2. The molecule has 0 bridgehead atoms. The average Bonchev–Trinajstić information content (AvgIpc) is 1.86. The van der Waals surface area contributed by atoms with E-state index < -0.39 is 12.0 Å². The number of Topliss-reactive ketones (excluding diaryl/α,β-unsaturated/α-hetero) is 1. The first-order valence-electron chi connectivity index (χ1n) is 2.84. The van der Waals surface area contributed by atoms with Crippen molar-refractivity contribution in [1.82, 2.24) is 0 Å². The molecule has 0 saturated heterocycles. The highest BCUT2D eigenvalue weighted by molar-refractivity contribution is 5.84. The van der Waals surface area contributed by atoms with Crippen molar-refractivity contribution in [2.75, 3.05) is 0 Å². The Hall–Kier alpha value is -1.55. The van der Waals surface area contributed by atoms with Crippen LogP contribution in [0, 0.1) is 0 Å². The van der Waals surface area contributed by atoms with E-state index >= 15 is 0 Å². The second-order valence-corrected chi connectivity index (χ2v) is 1.97. The molecule has 0 heterocycles. The van der Waals surface area contributed by atoms with E-state index in [9.17, 15) is 9.59 Å². The van der Waals surface area contributed by atoms with E-state index in [1.165, 1.54) is 6.92 Å². The van der Waals surface area contributed by atoms with Gasteiger partial charge in [0.1, 0.15) is 11.8 Å². The quantitative estimate of drug-likeness (QED) is 0.369. The summed E-state index contributed by atoms with van der Waals surface area (Å²) in [6, 6.07) is -1.27. The van der Waals surface area contributed by atoms with Crippen molar-refractivity contribution < 1.29 is 14.7 Å². The van der Waals surface area contributed by atoms with Crippen LogP contribution in [0.3, 0.4) is 0 Å². The smallest absolute Gasteiger partial charge is 0.312 e. The molecule has 0 fully saturated rings. The van der Waals surface area contributed by atoms with Crippen molar-refractivity contribution in [3.8, 4) is 0 Å². The van der Waals surface area contributed by atoms with E-state index in [2.05, 4.69) is 10.0 Å². The number of hydrogen-bond donors (Lipinski definition) is 1. The molecular formula is C5H7N3O3. The molecule has 0 aromatic heterocycles. The number of azide groups is 1. The fourth-order valence-electron chi connectivity index (χ4n) is 0.512. The fourth-order valence-corrected chi connectivity index (χ4v) is 0.512. The van der Waals surface area contributed by atoms with Crippen LogP contribution in [0.25, 0.3) is 10.4 Å². The van der Waals surface area contributed by atoms with E-state index in [0.717, 1.165) is 0 Å². The first kappa shape index (κ1) is 9.45. The molecule has 0 saturated carbocycles. The number of ketones is 1. The summed E-state index contributed by atoms with van der Waals surface area (Å²) in [5.74, 6) is -1.59. The van der Waals surface area contributed by atoms with Crippen LogP contribution < -0.4 is 0 Å². The largest absolute Gasteiger partial charge is 0.481 e. The van der Waals surface area contributed by atoms with Crippen LogP contribution in [0.2, 0.25) is 0 Å². The van der Waals surface area contributed by atoms with Crippen molar-refractivity contribution in [3.05, 3.63) is 10.4 Å². The SMILES string of the molecule is CC(=O)CC(N=[N+]=[N-])C(=O)O. The minimum atomic E-state index is -1.28. The fraction of sp³-hybridized carbons (Fsp3) is 0.600. The maximum Gasteiger partial charge on any atom is 0.312 e. The van der Waals surface area contributed by atoms with Gasteiger partial charge in [-0.15, -0.1) is 0 Å². The van der Waals surface area contributed by atoms with Gasteiger partial charge in [0.05, 0.1) is 0 Å². The second kappa shape index (κ2) is 4.29. The standard InChI is InChI=1S/C5H7N3O3/c1-3(9)2-4(5(10)11)7-8-6/h4H,2H2,1H3,(H,10,11). The summed E-state index contributed by atoms with van der Waals surface area (Å²) in [5.41, 5.74) is 7.88. The molecule has 0 amide bonds. The van der Waals surface area contributed by atoms with Crippen molar-refractivity contribution in [3.63, 3.8) is 0 Å². The third-order valence-electron chi connectivity index (χ3n) is 0.957. The summed E-state index contributed by atoms with van der Waals surface area (Å²) < 4.78 is 0. The lowest BCUT2D eigenvalue weighted by atomic mass is 10.2. The summed E-state index contributed by atoms with van der Waals surface area (Å²) in [6.07, 6.45) is -0.251. The number of aliphatic carboxylic acids is 1. The Kier molecular flexibility index (Phi) is 3.69. The first-order chi connectivity index (χ1) is 5.07. The topological polar surface area (TPSA) is 103 Å². The van der Waals surface area contributed by atoms with Gasteiger partial charge in [0, 0.05) is 11.3 Å². The minimum Gasteiger partial charge on any atom is -0.481 e. The normalized spacial score (nSPS) is 11.4. The van der Waals surface area contributed by atoms with E-state index in [1.54, 1.807) is 0 Å². The van der Waals surface area contributed by atoms with Crippen molar-refractivity contribution in [1.29, 1.82) is 0 Å². The number of hydrogen-bond acceptors (Lipinski definition) is 3. The minimum absolute atomic E-state index is 0.251. The molecule has 0 aromatic rings. The summed E-state index contributed by atoms with van der Waals surface area (Å²) in [6.45, 7) is 1.24. The summed E-state index contributed by atoms with van der Waals surface area (Å²) in [4.78, 5) is 22.9. The zero-order valence-corrected chi connectivity index (χ0v) is 5.89. The van der Waals surface area contributed by atoms with Crippen LogP contribution in [0.5, 0.6) is 0 Å². The maximum absolute atomic E-state index is 10.4. The zero-order chi connectivity index (χ0) is 8.85. The highest BCUT2D eigenvalue weighted by atomic mass is 16.4. The summed E-state index contributed by atoms with van der Waals surface area (Å²) >= 11 is 0. The predicted octanol–water partition coefficient (Wildman–Crippen LogP) is 0.729. The second-order valence-electron chi connectivity index (χ2n) is 1.97. The molecule has 0 aliphatic heterocycles. The number of carboxylic acids is 1. The van der Waals surface area contributed by atoms with Crippen molar-refractivity contribution >= 4 is 11.8 Å². The lowest BCUT2D eigenvalue weighted by molar-refractivity contribution is -0.140. The van der Waals surface area contributed by atoms with Gasteiger partial charge in [-0.2, -0.15) is 0 Å². The van der Waals surface area contributed by atoms with Gasteiger partial charge in [0.25, 0.3) is 0 Å². The molecular weight excluding hydrogens is 150 g/mol. The van der Waals surface area contributed by atoms with Gasteiger partial charge in [-0.05, 0) is 12.5 Å². The van der Waals surface area contributed by atoms with Crippen LogP contribution in [-0.4, -0.2) is 22.9 Å². The molecule has 1 atom stereocenters. The highest BCUT2D eigenvalue weighted by Crippen LogP contribution is 1.99. The molecule has 1 N–H and O–H groups in total. The molecule has 0 aliphatic carbocycles. The van der Waals surface area contributed by atoms with Gasteiger partial charge < -0.3 is 9.90 Å². The predicted molar refractivity (Wildman–Crippen MR) is 35.9 cm³/mol. The molecule has 6 nitrogen and oxygen atoms in total. The Labute approximate surface area is 62.5 Å². The summed E-state index contributed by atoms with van der Waals surface area (Å²) in [5, 5.41) is 11.3. The molecule has 0 aliphatic rings. The Bertz CT molecular complexity index is 217. The van der Waals surface area contributed by atoms with Crippen molar-refractivity contribution in [2.45, 2.75) is 19.4 Å². The van der Waals surface area contributed by atoms with Crippen molar-refractivity contribution in [2.24, 2.45) is 5.11 Å². The maximum atomic E-state index is 10.4. The third-order valence-corrected chi connectivity index (χ3v) is 0.957. The van der Waals surface area contributed by atoms with Gasteiger partial charge in [0.2, 0.25) is 0 Å². The number of carbonyl (C=O) groups excluding carboxylic acids is 1. The first-order valence-corrected chi connectivity index (χ1v) is 2.84. The molecule has 0 aromatic carbocycles. The van der Waals surface area contributed by atoms with Crippen LogP contribution in [0.1, 0.15) is 13.3 Å². The molecule has 6 heteroatoms. The van der Waals surface area contributed by atoms with Gasteiger partial charge in [-0.1, -0.05) is 5.11 Å². The molecule has 0 spiro atoms. The molecule has 0 rings (SSSR count). The van der Waals surface area contributed by atoms with Crippen LogP contribution in [0.15, 0.2) is 5.11 Å². The number of carboxylic acid groups (broad SMARTS) is 1. The van der Waals surface area contributed by atoms with E-state index in [1.807, 2.05) is 0 Å². The van der Waals surface area contributed by atoms with E-state index in [-0.39, 0.29) is 12.2 Å². The lowest BCUT2D eigenvalue weighted by Crippen LogP contribution is -2.19. The van der Waals surface area contributed by atoms with Crippen LogP contribution >= 0.6 is 0 Å². The lowest BCUT2D eigenvalue weighted by Gasteiger charge is -1.99. The zero-order valence-electron chi connectivity index (χ0n) is 5.89. The number of rotatable bonds is 4. The molecule has 11 heavy (non-hydrogen) atoms. The molecule has 1 unspecified atom stereocenters. The Morgan fingerprint density at radius 1 is 1.73 bits per heavy atom. The Balaban J connectivity index is 4.22. The van der Waals surface area contributed by atoms with Crippen LogP contribution in [0.4, 0.5) is 0 Å². The van der Waals surface area contributed by atoms with Gasteiger partial charge in [-0.3, -0.25) is 4.79 Å². The average molecular weight is 157 g/mol. The van der Waals surface area contributed by atoms with E-state index in [4.69, 9.17) is 10.6 Å². The van der Waals surface area contributed by atoms with Gasteiger partial charge >= 0.3 is 5.97 Å². The third kappa shape index (κ3) is 3.94. The Morgan fingerprint density at radius 3 is 2.55 bits per heavy atom. The molecule has 60 valence electrons. The molecule has 0 radical (unpaired) electrons.